The number of aryl methyl sites for hydroxylation is 1. The minimum Gasteiger partial charge on any atom is -0.481 e. The highest BCUT2D eigenvalue weighted by Gasteiger charge is 2.47. The molecule has 3 unspecified atom stereocenters. The number of unbranched alkanes of at least 4 members (excludes halogenated alkanes) is 1. The number of hydrogen-bond acceptors (Lipinski definition) is 7. The van der Waals surface area contributed by atoms with Crippen LogP contribution in [0.4, 0.5) is 5.69 Å². The van der Waals surface area contributed by atoms with Crippen LogP contribution in [0.3, 0.4) is 0 Å². The van der Waals surface area contributed by atoms with Crippen molar-refractivity contribution in [2.75, 3.05) is 31.3 Å². The number of ether oxygens (including phenoxy) is 2. The zero-order valence-corrected chi connectivity index (χ0v) is 23.4. The van der Waals surface area contributed by atoms with Gasteiger partial charge in [0.1, 0.15) is 0 Å². The van der Waals surface area contributed by atoms with Crippen LogP contribution in [0.2, 0.25) is 0 Å². The van der Waals surface area contributed by atoms with Crippen molar-refractivity contribution in [2.45, 2.75) is 51.1 Å². The number of carbonyl (C=O) groups is 2. The summed E-state index contributed by atoms with van der Waals surface area (Å²) in [6.07, 6.45) is 4.74. The molecule has 2 aliphatic rings. The fourth-order valence-corrected chi connectivity index (χ4v) is 6.00. The Morgan fingerprint density at radius 2 is 1.95 bits per heavy atom. The van der Waals surface area contributed by atoms with E-state index in [4.69, 9.17) is 15.2 Å². The van der Waals surface area contributed by atoms with Gasteiger partial charge in [-0.15, -0.1) is 0 Å². The van der Waals surface area contributed by atoms with Gasteiger partial charge >= 0.3 is 5.97 Å². The number of hydrogen-bond donors (Lipinski definition) is 2. The molecule has 3 heterocycles. The molecule has 216 valence electrons. The number of pyridine rings is 1. The van der Waals surface area contributed by atoms with Gasteiger partial charge in [0.25, 0.3) is 0 Å². The number of amides is 1. The molecule has 3 atom stereocenters. The molecule has 0 aliphatic carbocycles. The molecule has 0 spiro atoms. The lowest BCUT2D eigenvalue weighted by molar-refractivity contribution is -0.143. The van der Waals surface area contributed by atoms with Crippen molar-refractivity contribution in [3.05, 3.63) is 83.7 Å². The molecule has 1 amide bonds. The predicted molar refractivity (Wildman–Crippen MR) is 156 cm³/mol. The minimum atomic E-state index is -0.868. The summed E-state index contributed by atoms with van der Waals surface area (Å²) in [6.45, 7) is 3.79. The molecule has 2 aliphatic heterocycles. The molecular weight excluding hydrogens is 520 g/mol. The Hall–Kier alpha value is -3.95. The summed E-state index contributed by atoms with van der Waals surface area (Å²) in [5.74, 6) is -0.650. The van der Waals surface area contributed by atoms with E-state index in [0.29, 0.717) is 44.0 Å². The summed E-state index contributed by atoms with van der Waals surface area (Å²) >= 11 is 0. The maximum atomic E-state index is 14.0. The van der Waals surface area contributed by atoms with Crippen LogP contribution in [0.25, 0.3) is 0 Å². The zero-order valence-electron chi connectivity index (χ0n) is 23.4. The second kappa shape index (κ2) is 13.1. The lowest BCUT2D eigenvalue weighted by Gasteiger charge is -2.30. The summed E-state index contributed by atoms with van der Waals surface area (Å²) in [4.78, 5) is 35.1. The third-order valence-corrected chi connectivity index (χ3v) is 8.11. The fraction of sp³-hybridized carbons (Fsp3) is 0.406. The number of rotatable bonds is 12. The van der Waals surface area contributed by atoms with Gasteiger partial charge in [0, 0.05) is 49.2 Å². The smallest absolute Gasteiger partial charge is 0.308 e. The molecule has 3 N–H and O–H groups in total. The Bertz CT molecular complexity index is 1350. The Morgan fingerprint density at radius 3 is 2.71 bits per heavy atom. The van der Waals surface area contributed by atoms with Crippen LogP contribution in [0.1, 0.15) is 48.9 Å². The number of carboxylic acid groups (broad SMARTS) is 1. The molecule has 41 heavy (non-hydrogen) atoms. The highest BCUT2D eigenvalue weighted by molar-refractivity contribution is 5.95. The van der Waals surface area contributed by atoms with E-state index in [0.717, 1.165) is 35.3 Å². The third-order valence-electron chi connectivity index (χ3n) is 8.11. The molecule has 9 heteroatoms. The lowest BCUT2D eigenvalue weighted by Crippen LogP contribution is -2.44. The van der Waals surface area contributed by atoms with Crippen molar-refractivity contribution in [3.63, 3.8) is 0 Å². The molecule has 0 saturated carbocycles. The maximum Gasteiger partial charge on any atom is 0.308 e. The summed E-state index contributed by atoms with van der Waals surface area (Å²) < 4.78 is 11.1. The van der Waals surface area contributed by atoms with Gasteiger partial charge in [-0.2, -0.15) is 0 Å². The van der Waals surface area contributed by atoms with E-state index in [-0.39, 0.29) is 31.2 Å². The van der Waals surface area contributed by atoms with Gasteiger partial charge in [0.2, 0.25) is 12.7 Å². The fourth-order valence-electron chi connectivity index (χ4n) is 6.00. The van der Waals surface area contributed by atoms with E-state index in [9.17, 15) is 14.7 Å². The number of aliphatic carboxylic acids is 1. The van der Waals surface area contributed by atoms with Crippen molar-refractivity contribution in [1.82, 2.24) is 9.88 Å². The third kappa shape index (κ3) is 6.52. The van der Waals surface area contributed by atoms with Crippen molar-refractivity contribution in [3.8, 4) is 11.5 Å². The molecule has 0 bridgehead atoms. The molecule has 1 fully saturated rings. The molecule has 3 aromatic rings. The molecule has 9 nitrogen and oxygen atoms in total. The van der Waals surface area contributed by atoms with Gasteiger partial charge in [-0.05, 0) is 66.8 Å². The second-order valence-corrected chi connectivity index (χ2v) is 10.7. The SMILES string of the molecule is CCCCN(C(=O)CN1CC(c2ccc3c(c2)OCO3)C(C(=O)O)C1CCc1ccccn1)c1cccc(CN)c1. The first-order chi connectivity index (χ1) is 20.0. The van der Waals surface area contributed by atoms with Gasteiger partial charge in [-0.25, -0.2) is 0 Å². The monoisotopic (exact) mass is 558 g/mol. The van der Waals surface area contributed by atoms with Crippen LogP contribution in [0.15, 0.2) is 66.9 Å². The van der Waals surface area contributed by atoms with Gasteiger partial charge in [-0.3, -0.25) is 19.5 Å². The number of benzene rings is 2. The number of carbonyl (C=O) groups excluding carboxylic acids is 1. The van der Waals surface area contributed by atoms with Crippen LogP contribution in [0.5, 0.6) is 11.5 Å². The van der Waals surface area contributed by atoms with E-state index in [1.165, 1.54) is 0 Å². The highest BCUT2D eigenvalue weighted by atomic mass is 16.7. The quantitative estimate of drug-likeness (QED) is 0.340. The highest BCUT2D eigenvalue weighted by Crippen LogP contribution is 2.43. The average molecular weight is 559 g/mol. The molecule has 1 aromatic heterocycles. The normalized spacial score (nSPS) is 19.8. The van der Waals surface area contributed by atoms with E-state index < -0.39 is 11.9 Å². The van der Waals surface area contributed by atoms with E-state index in [2.05, 4.69) is 16.8 Å². The molecule has 2 aromatic carbocycles. The standard InChI is InChI=1S/C32H38N4O5/c1-2-3-15-36(25-9-6-7-22(16-25)18-33)30(37)20-35-19-26(23-10-13-28-29(17-23)41-21-40-28)31(32(38)39)27(35)12-11-24-8-4-5-14-34-24/h4-10,13-14,16-17,26-27,31H,2-3,11-12,15,18-21,33H2,1H3,(H,38,39). The van der Waals surface area contributed by atoms with Crippen LogP contribution in [0, 0.1) is 5.92 Å². The van der Waals surface area contributed by atoms with Gasteiger partial charge in [0.15, 0.2) is 11.5 Å². The average Bonchev–Trinajstić information content (AvgIpc) is 3.61. The Balaban J connectivity index is 1.44. The number of likely N-dealkylation sites (tertiary alicyclic amines) is 1. The number of nitrogens with zero attached hydrogens (tertiary/aromatic N) is 3. The Kier molecular flexibility index (Phi) is 9.16. The second-order valence-electron chi connectivity index (χ2n) is 10.7. The van der Waals surface area contributed by atoms with Crippen LogP contribution in [-0.4, -0.2) is 59.3 Å². The first-order valence-electron chi connectivity index (χ1n) is 14.3. The van der Waals surface area contributed by atoms with Crippen LogP contribution >= 0.6 is 0 Å². The van der Waals surface area contributed by atoms with Gasteiger partial charge in [0.05, 0.1) is 12.5 Å². The number of aromatic nitrogens is 1. The minimum absolute atomic E-state index is 0.0501. The van der Waals surface area contributed by atoms with Crippen molar-refractivity contribution < 1.29 is 24.2 Å². The molecular formula is C32H38N4O5. The first kappa shape index (κ1) is 28.6. The molecule has 0 radical (unpaired) electrons. The lowest BCUT2D eigenvalue weighted by atomic mass is 9.83. The Morgan fingerprint density at radius 1 is 1.10 bits per heavy atom. The van der Waals surface area contributed by atoms with Crippen molar-refractivity contribution in [1.29, 1.82) is 0 Å². The largest absolute Gasteiger partial charge is 0.481 e. The van der Waals surface area contributed by atoms with Crippen LogP contribution in [-0.2, 0) is 22.6 Å². The summed E-state index contributed by atoms with van der Waals surface area (Å²) in [5, 5.41) is 10.5. The molecule has 5 rings (SSSR count). The predicted octanol–water partition coefficient (Wildman–Crippen LogP) is 4.20. The Labute approximate surface area is 240 Å². The van der Waals surface area contributed by atoms with Gasteiger partial charge in [-0.1, -0.05) is 37.6 Å². The number of nitrogens with two attached hydrogens (primary N) is 1. The van der Waals surface area contributed by atoms with E-state index >= 15 is 0 Å². The van der Waals surface area contributed by atoms with Gasteiger partial charge < -0.3 is 25.2 Å². The molecule has 1 saturated heterocycles. The summed E-state index contributed by atoms with van der Waals surface area (Å²) in [5.41, 5.74) is 9.43. The van der Waals surface area contributed by atoms with Crippen LogP contribution < -0.4 is 20.1 Å². The van der Waals surface area contributed by atoms with E-state index in [1.807, 2.05) is 65.6 Å². The number of carboxylic acids is 1. The first-order valence-corrected chi connectivity index (χ1v) is 14.3. The van der Waals surface area contributed by atoms with E-state index in [1.54, 1.807) is 6.20 Å². The number of fused-ring (bicyclic) bond motifs is 1. The summed E-state index contributed by atoms with van der Waals surface area (Å²) in [6, 6.07) is 18.8. The maximum absolute atomic E-state index is 14.0. The zero-order chi connectivity index (χ0) is 28.8. The van der Waals surface area contributed by atoms with Crippen molar-refractivity contribution >= 4 is 17.6 Å². The topological polar surface area (TPSA) is 118 Å². The van der Waals surface area contributed by atoms with Crippen molar-refractivity contribution in [2.24, 2.45) is 11.7 Å². The number of anilines is 1. The summed E-state index contributed by atoms with van der Waals surface area (Å²) in [7, 11) is 0.